The van der Waals surface area contributed by atoms with Crippen LogP contribution in [-0.4, -0.2) is 35.7 Å². The zero-order valence-corrected chi connectivity index (χ0v) is 15.5. The summed E-state index contributed by atoms with van der Waals surface area (Å²) < 4.78 is 22.9. The average Bonchev–Trinajstić information content (AvgIpc) is 3.10. The van der Waals surface area contributed by atoms with Gasteiger partial charge in [-0.15, -0.1) is 22.7 Å². The molecular formula is C15H18N2O3S3. The van der Waals surface area contributed by atoms with Gasteiger partial charge in [-0.2, -0.15) is 0 Å². The molecule has 0 saturated carbocycles. The number of aryl methyl sites for hydroxylation is 2. The number of Topliss-reactive ketones (excluding diaryl/α,β-unsaturated/α-hetero) is 1. The average molecular weight is 371 g/mol. The van der Waals surface area contributed by atoms with E-state index in [4.69, 9.17) is 0 Å². The third-order valence-electron chi connectivity index (χ3n) is 3.88. The Hall–Kier alpha value is -1.12. The summed E-state index contributed by atoms with van der Waals surface area (Å²) in [7, 11) is -2.92. The number of carbonyl (C=O) groups is 1. The molecule has 0 bridgehead atoms. The van der Waals surface area contributed by atoms with Gasteiger partial charge in [0.25, 0.3) is 0 Å². The first-order chi connectivity index (χ1) is 10.8. The number of rotatable bonds is 5. The molecule has 1 unspecified atom stereocenters. The molecule has 1 aliphatic heterocycles. The molecule has 3 rings (SSSR count). The summed E-state index contributed by atoms with van der Waals surface area (Å²) >= 11 is 3.08. The Balaban J connectivity index is 1.63. The number of aromatic nitrogens is 2. The number of sulfone groups is 1. The van der Waals surface area contributed by atoms with Crippen LogP contribution in [0, 0.1) is 19.8 Å². The van der Waals surface area contributed by atoms with Crippen molar-refractivity contribution in [3.05, 3.63) is 21.1 Å². The Morgan fingerprint density at radius 1 is 1.35 bits per heavy atom. The maximum Gasteiger partial charge on any atom is 0.150 e. The quantitative estimate of drug-likeness (QED) is 0.809. The second-order valence-electron chi connectivity index (χ2n) is 5.96. The fourth-order valence-corrected chi connectivity index (χ4v) is 6.49. The van der Waals surface area contributed by atoms with Gasteiger partial charge >= 0.3 is 0 Å². The lowest BCUT2D eigenvalue weighted by atomic mass is 10.0. The molecule has 124 valence electrons. The van der Waals surface area contributed by atoms with Gasteiger partial charge in [0.05, 0.1) is 39.2 Å². The molecule has 0 radical (unpaired) electrons. The summed E-state index contributed by atoms with van der Waals surface area (Å²) in [6.45, 7) is 3.93. The van der Waals surface area contributed by atoms with Crippen molar-refractivity contribution in [2.24, 2.45) is 5.92 Å². The number of nitrogens with zero attached hydrogens (tertiary/aromatic N) is 2. The van der Waals surface area contributed by atoms with Crippen LogP contribution in [0.15, 0.2) is 5.38 Å². The molecule has 2 aromatic rings. The minimum absolute atomic E-state index is 0.0154. The third kappa shape index (κ3) is 4.05. The first-order valence-corrected chi connectivity index (χ1v) is 10.9. The number of hydrogen-bond acceptors (Lipinski definition) is 7. The molecule has 0 aliphatic carbocycles. The van der Waals surface area contributed by atoms with Gasteiger partial charge in [-0.25, -0.2) is 18.4 Å². The normalized spacial score (nSPS) is 20.0. The smallest absolute Gasteiger partial charge is 0.150 e. The van der Waals surface area contributed by atoms with Crippen molar-refractivity contribution in [3.8, 4) is 10.6 Å². The molecule has 8 heteroatoms. The second kappa shape index (κ2) is 6.41. The van der Waals surface area contributed by atoms with E-state index in [-0.39, 0.29) is 29.6 Å². The molecule has 1 atom stereocenters. The van der Waals surface area contributed by atoms with E-state index in [1.807, 2.05) is 19.2 Å². The van der Waals surface area contributed by atoms with Gasteiger partial charge in [0.2, 0.25) is 0 Å². The first kappa shape index (κ1) is 16.7. The molecule has 1 saturated heterocycles. The van der Waals surface area contributed by atoms with Crippen LogP contribution in [0.25, 0.3) is 10.6 Å². The largest absolute Gasteiger partial charge is 0.299 e. The van der Waals surface area contributed by atoms with Crippen LogP contribution in [0.2, 0.25) is 0 Å². The zero-order valence-electron chi connectivity index (χ0n) is 13.0. The van der Waals surface area contributed by atoms with Crippen molar-refractivity contribution in [3.63, 3.8) is 0 Å². The molecule has 1 fully saturated rings. The predicted octanol–water partition coefficient (Wildman–Crippen LogP) is 2.82. The van der Waals surface area contributed by atoms with E-state index in [1.54, 1.807) is 11.3 Å². The van der Waals surface area contributed by atoms with Crippen LogP contribution in [0.5, 0.6) is 0 Å². The van der Waals surface area contributed by atoms with Gasteiger partial charge in [-0.1, -0.05) is 0 Å². The fraction of sp³-hybridized carbons (Fsp3) is 0.533. The summed E-state index contributed by atoms with van der Waals surface area (Å²) in [5, 5.41) is 3.75. The standard InChI is InChI=1S/C15H18N2O3S3/c1-9-15(22-10(2)16-9)13-7-21-14(17-13)6-12(18)5-11-3-4-23(19,20)8-11/h7,11H,3-6,8H2,1-2H3. The SMILES string of the molecule is Cc1nc(C)c(-c2csc(CC(=O)CC3CCS(=O)(=O)C3)n2)s1. The Bertz CT molecular complexity index is 836. The monoisotopic (exact) mass is 370 g/mol. The van der Waals surface area contributed by atoms with E-state index >= 15 is 0 Å². The molecule has 0 spiro atoms. The molecule has 2 aromatic heterocycles. The van der Waals surface area contributed by atoms with Crippen molar-refractivity contribution in [1.29, 1.82) is 0 Å². The van der Waals surface area contributed by atoms with Gasteiger partial charge < -0.3 is 0 Å². The van der Waals surface area contributed by atoms with Crippen molar-refractivity contribution >= 4 is 38.3 Å². The maximum atomic E-state index is 12.2. The molecule has 0 aromatic carbocycles. The Morgan fingerprint density at radius 3 is 2.74 bits per heavy atom. The molecule has 3 heterocycles. The highest BCUT2D eigenvalue weighted by Crippen LogP contribution is 2.31. The predicted molar refractivity (Wildman–Crippen MR) is 92.8 cm³/mol. The second-order valence-corrected chi connectivity index (χ2v) is 10.3. The molecule has 23 heavy (non-hydrogen) atoms. The summed E-state index contributed by atoms with van der Waals surface area (Å²) in [6.07, 6.45) is 1.24. The van der Waals surface area contributed by atoms with Crippen LogP contribution in [0.1, 0.15) is 28.6 Å². The van der Waals surface area contributed by atoms with Gasteiger partial charge in [0.1, 0.15) is 10.8 Å². The molecule has 0 N–H and O–H groups in total. The lowest BCUT2D eigenvalue weighted by molar-refractivity contribution is -0.119. The minimum atomic E-state index is -2.92. The van der Waals surface area contributed by atoms with Crippen LogP contribution < -0.4 is 0 Å². The highest BCUT2D eigenvalue weighted by atomic mass is 32.2. The van der Waals surface area contributed by atoms with Gasteiger partial charge in [0, 0.05) is 11.8 Å². The van der Waals surface area contributed by atoms with Gasteiger partial charge in [0.15, 0.2) is 9.84 Å². The van der Waals surface area contributed by atoms with Gasteiger partial charge in [-0.05, 0) is 26.2 Å². The lowest BCUT2D eigenvalue weighted by Gasteiger charge is -2.04. The van der Waals surface area contributed by atoms with Crippen molar-refractivity contribution in [2.75, 3.05) is 11.5 Å². The fourth-order valence-electron chi connectivity index (χ4n) is 2.86. The van der Waals surface area contributed by atoms with Crippen molar-refractivity contribution in [1.82, 2.24) is 9.97 Å². The topological polar surface area (TPSA) is 77.0 Å². The molecule has 0 amide bonds. The third-order valence-corrected chi connectivity index (χ3v) is 7.66. The lowest BCUT2D eigenvalue weighted by Crippen LogP contribution is -2.12. The van der Waals surface area contributed by atoms with E-state index in [0.717, 1.165) is 26.3 Å². The molecule has 1 aliphatic rings. The summed E-state index contributed by atoms with van der Waals surface area (Å²) in [5.41, 5.74) is 1.84. The summed E-state index contributed by atoms with van der Waals surface area (Å²) in [5.74, 6) is 0.431. The Kier molecular flexibility index (Phi) is 4.66. The van der Waals surface area contributed by atoms with E-state index in [0.29, 0.717) is 12.8 Å². The minimum Gasteiger partial charge on any atom is -0.299 e. The molecular weight excluding hydrogens is 352 g/mol. The zero-order chi connectivity index (χ0) is 16.6. The van der Waals surface area contributed by atoms with Crippen LogP contribution in [0.3, 0.4) is 0 Å². The summed E-state index contributed by atoms with van der Waals surface area (Å²) in [6, 6.07) is 0. The highest BCUT2D eigenvalue weighted by molar-refractivity contribution is 7.91. The highest BCUT2D eigenvalue weighted by Gasteiger charge is 2.29. The number of hydrogen-bond donors (Lipinski definition) is 0. The Morgan fingerprint density at radius 2 is 2.13 bits per heavy atom. The van der Waals surface area contributed by atoms with Crippen LogP contribution >= 0.6 is 22.7 Å². The van der Waals surface area contributed by atoms with Gasteiger partial charge in [-0.3, -0.25) is 4.79 Å². The number of thiazole rings is 2. The van der Waals surface area contributed by atoms with E-state index in [1.165, 1.54) is 11.3 Å². The molecule has 5 nitrogen and oxygen atoms in total. The van der Waals surface area contributed by atoms with Crippen LogP contribution in [0.4, 0.5) is 0 Å². The number of ketones is 1. The summed E-state index contributed by atoms with van der Waals surface area (Å²) in [4.78, 5) is 22.2. The maximum absolute atomic E-state index is 12.2. The number of carbonyl (C=O) groups excluding carboxylic acids is 1. The van der Waals surface area contributed by atoms with E-state index in [9.17, 15) is 13.2 Å². The first-order valence-electron chi connectivity index (χ1n) is 7.43. The van der Waals surface area contributed by atoms with E-state index < -0.39 is 9.84 Å². The van der Waals surface area contributed by atoms with Crippen molar-refractivity contribution < 1.29 is 13.2 Å². The van der Waals surface area contributed by atoms with Crippen LogP contribution in [-0.2, 0) is 21.1 Å². The Labute approximate surface area is 143 Å². The van der Waals surface area contributed by atoms with Crippen molar-refractivity contribution in [2.45, 2.75) is 33.1 Å². The van der Waals surface area contributed by atoms with E-state index in [2.05, 4.69) is 9.97 Å².